The maximum absolute atomic E-state index is 12.0. The van der Waals surface area contributed by atoms with E-state index in [0.717, 1.165) is 19.4 Å². The summed E-state index contributed by atoms with van der Waals surface area (Å²) in [5.41, 5.74) is -4.79. The number of aliphatic hydroxyl groups excluding tert-OH is 1. The van der Waals surface area contributed by atoms with Crippen LogP contribution in [0, 0.1) is 11.8 Å². The second kappa shape index (κ2) is 10.6. The molecule has 2 unspecified atom stereocenters. The lowest BCUT2D eigenvalue weighted by Gasteiger charge is -2.33. The highest BCUT2D eigenvalue weighted by molar-refractivity contribution is 7.66. The third-order valence-electron chi connectivity index (χ3n) is 3.39. The first-order valence-electron chi connectivity index (χ1n) is 7.94. The third-order valence-corrected chi connectivity index (χ3v) is 7.19. The standard InChI is InChI=1S/C12H19N2O15P3/c1-3-5-12(18,14-6-4-9(15)13-11(14)17)10(16)8(26-2)7-27-31(22,23)29-32(24,25)28-30(19,20)21/h4,6,8,10,16,18H,7H2,1-2H3,(H,22,23)(H,24,25)(H,13,15,17)(H2,19,20,21)/t8-,10-,12-/m1/s1. The predicted octanol–water partition coefficient (Wildman–Crippen LogP) is -2.08. The summed E-state index contributed by atoms with van der Waals surface area (Å²) in [6.45, 7) is 0.0649. The molecule has 1 aromatic rings. The molecule has 5 atom stereocenters. The molecule has 1 aromatic heterocycles. The fourth-order valence-corrected chi connectivity index (χ4v) is 5.19. The Morgan fingerprint density at radius 1 is 1.16 bits per heavy atom. The number of aromatic amines is 1. The summed E-state index contributed by atoms with van der Waals surface area (Å²) >= 11 is 0. The highest BCUT2D eigenvalue weighted by Gasteiger charge is 2.45. The van der Waals surface area contributed by atoms with Crippen LogP contribution in [0.2, 0.25) is 0 Å². The van der Waals surface area contributed by atoms with E-state index >= 15 is 0 Å². The maximum Gasteiger partial charge on any atom is 0.490 e. The van der Waals surface area contributed by atoms with Gasteiger partial charge in [-0.2, -0.15) is 8.62 Å². The van der Waals surface area contributed by atoms with Crippen LogP contribution in [0.25, 0.3) is 0 Å². The molecule has 0 aliphatic carbocycles. The highest BCUT2D eigenvalue weighted by atomic mass is 31.3. The van der Waals surface area contributed by atoms with Crippen molar-refractivity contribution in [2.24, 2.45) is 0 Å². The quantitative estimate of drug-likeness (QED) is 0.121. The topological polar surface area (TPSA) is 264 Å². The summed E-state index contributed by atoms with van der Waals surface area (Å²) in [4.78, 5) is 60.7. The molecule has 1 heterocycles. The molecule has 0 saturated carbocycles. The van der Waals surface area contributed by atoms with Gasteiger partial charge in [0.2, 0.25) is 5.72 Å². The number of phosphoric acid groups is 3. The molecule has 32 heavy (non-hydrogen) atoms. The SMILES string of the molecule is CC#C[C@@](O)([C@H](O)[C@@H](COP(=O)(O)OP(=O)(O)OP(=O)(O)O)OC)n1ccc(=O)[nH]c1=O. The molecule has 0 fully saturated rings. The van der Waals surface area contributed by atoms with Crippen molar-refractivity contribution < 1.29 is 61.4 Å². The molecule has 0 aromatic carbocycles. The lowest BCUT2D eigenvalue weighted by atomic mass is 10.0. The fourth-order valence-electron chi connectivity index (χ4n) is 2.16. The second-order valence-corrected chi connectivity index (χ2v) is 10.1. The molecule has 0 saturated heterocycles. The number of nitrogens with zero attached hydrogens (tertiary/aromatic N) is 1. The van der Waals surface area contributed by atoms with E-state index in [1.54, 1.807) is 0 Å². The van der Waals surface area contributed by atoms with E-state index in [2.05, 4.69) is 25.0 Å². The van der Waals surface area contributed by atoms with Gasteiger partial charge in [0.25, 0.3) is 5.56 Å². The van der Waals surface area contributed by atoms with E-state index in [0.29, 0.717) is 4.57 Å². The van der Waals surface area contributed by atoms with Crippen molar-refractivity contribution in [2.75, 3.05) is 13.7 Å². The molecule has 7 N–H and O–H groups in total. The summed E-state index contributed by atoms with van der Waals surface area (Å²) in [6.07, 6.45) is -3.19. The van der Waals surface area contributed by atoms with Gasteiger partial charge in [-0.25, -0.2) is 18.5 Å². The number of H-pyrrole nitrogens is 1. The highest BCUT2D eigenvalue weighted by Crippen LogP contribution is 2.66. The zero-order chi connectivity index (χ0) is 25.0. The predicted molar refractivity (Wildman–Crippen MR) is 102 cm³/mol. The molecule has 20 heteroatoms. The Hall–Kier alpha value is -1.47. The smallest absolute Gasteiger partial charge is 0.384 e. The second-order valence-electron chi connectivity index (χ2n) is 5.69. The van der Waals surface area contributed by atoms with E-state index in [9.17, 15) is 38.4 Å². The molecule has 0 aliphatic rings. The largest absolute Gasteiger partial charge is 0.490 e. The molecule has 0 spiro atoms. The van der Waals surface area contributed by atoms with Gasteiger partial charge in [-0.15, -0.1) is 5.92 Å². The van der Waals surface area contributed by atoms with Crippen molar-refractivity contribution in [3.05, 3.63) is 33.1 Å². The van der Waals surface area contributed by atoms with E-state index in [-0.39, 0.29) is 0 Å². The zero-order valence-corrected chi connectivity index (χ0v) is 18.8. The van der Waals surface area contributed by atoms with E-state index in [1.807, 2.05) is 4.98 Å². The molecular formula is C12H19N2O15P3. The summed E-state index contributed by atoms with van der Waals surface area (Å²) in [7, 11) is -16.0. The third kappa shape index (κ3) is 8.14. The maximum atomic E-state index is 12.0. The minimum absolute atomic E-state index is 0.423. The lowest BCUT2D eigenvalue weighted by molar-refractivity contribution is -0.155. The Balaban J connectivity index is 3.13. The lowest BCUT2D eigenvalue weighted by Crippen LogP contribution is -2.56. The van der Waals surface area contributed by atoms with Gasteiger partial charge in [-0.3, -0.25) is 18.9 Å². The normalized spacial score (nSPS) is 19.5. The zero-order valence-electron chi connectivity index (χ0n) is 16.2. The van der Waals surface area contributed by atoms with Crippen LogP contribution in [0.5, 0.6) is 0 Å². The average molecular weight is 524 g/mol. The number of phosphoric ester groups is 1. The average Bonchev–Trinajstić information content (AvgIpc) is 2.58. The molecule has 1 rings (SSSR count). The molecule has 0 bridgehead atoms. The number of hydrogen-bond acceptors (Lipinski definition) is 11. The van der Waals surface area contributed by atoms with E-state index in [4.69, 9.17) is 19.4 Å². The molecule has 0 amide bonds. The van der Waals surface area contributed by atoms with E-state index in [1.165, 1.54) is 6.92 Å². The Morgan fingerprint density at radius 3 is 2.22 bits per heavy atom. The van der Waals surface area contributed by atoms with Crippen LogP contribution in [0.4, 0.5) is 0 Å². The van der Waals surface area contributed by atoms with Crippen LogP contribution in [0.1, 0.15) is 6.92 Å². The van der Waals surface area contributed by atoms with Gasteiger partial charge >= 0.3 is 29.2 Å². The minimum Gasteiger partial charge on any atom is -0.384 e. The van der Waals surface area contributed by atoms with Crippen LogP contribution in [-0.2, 0) is 37.3 Å². The molecule has 182 valence electrons. The van der Waals surface area contributed by atoms with Gasteiger partial charge in [0.05, 0.1) is 6.61 Å². The number of aliphatic hydroxyl groups is 2. The number of nitrogens with one attached hydrogen (secondary N) is 1. The van der Waals surface area contributed by atoms with Gasteiger partial charge < -0.3 is 34.5 Å². The summed E-state index contributed by atoms with van der Waals surface area (Å²) < 4.78 is 50.4. The molecule has 0 aliphatic heterocycles. The van der Waals surface area contributed by atoms with Crippen LogP contribution < -0.4 is 11.2 Å². The fraction of sp³-hybridized carbons (Fsp3) is 0.500. The first kappa shape index (κ1) is 28.6. The monoisotopic (exact) mass is 524 g/mol. The van der Waals surface area contributed by atoms with Crippen molar-refractivity contribution in [1.29, 1.82) is 0 Å². The number of methoxy groups -OCH3 is 1. The minimum atomic E-state index is -5.79. The first-order valence-corrected chi connectivity index (χ1v) is 12.5. The van der Waals surface area contributed by atoms with Crippen LogP contribution in [0.15, 0.2) is 21.9 Å². The Kier molecular flexibility index (Phi) is 9.50. The van der Waals surface area contributed by atoms with Crippen LogP contribution in [-0.4, -0.2) is 65.3 Å². The van der Waals surface area contributed by atoms with Crippen molar-refractivity contribution in [3.8, 4) is 11.8 Å². The Labute approximate surface area is 178 Å². The number of rotatable bonds is 11. The van der Waals surface area contributed by atoms with Gasteiger partial charge in [0, 0.05) is 19.4 Å². The van der Waals surface area contributed by atoms with Crippen LogP contribution >= 0.6 is 23.5 Å². The Bertz CT molecular complexity index is 1130. The number of aromatic nitrogens is 2. The van der Waals surface area contributed by atoms with Crippen molar-refractivity contribution in [3.63, 3.8) is 0 Å². The van der Waals surface area contributed by atoms with Gasteiger partial charge in [-0.1, -0.05) is 0 Å². The summed E-state index contributed by atoms with van der Waals surface area (Å²) in [5.74, 6) is 4.35. The number of hydrogen-bond donors (Lipinski definition) is 7. The summed E-state index contributed by atoms with van der Waals surface area (Å²) in [6, 6.07) is 0.824. The van der Waals surface area contributed by atoms with Crippen molar-refractivity contribution in [2.45, 2.75) is 24.9 Å². The molecule has 17 nitrogen and oxygen atoms in total. The first-order chi connectivity index (χ1) is 14.5. The van der Waals surface area contributed by atoms with Gasteiger partial charge in [0.15, 0.2) is 0 Å². The molecular weight excluding hydrogens is 505 g/mol. The molecule has 0 radical (unpaired) electrons. The van der Waals surface area contributed by atoms with E-state index < -0.39 is 59.3 Å². The number of ether oxygens (including phenoxy) is 1. The van der Waals surface area contributed by atoms with Crippen LogP contribution in [0.3, 0.4) is 0 Å². The van der Waals surface area contributed by atoms with Gasteiger partial charge in [0.1, 0.15) is 12.2 Å². The Morgan fingerprint density at radius 2 is 1.75 bits per heavy atom. The summed E-state index contributed by atoms with van der Waals surface area (Å²) in [5, 5.41) is 21.3. The van der Waals surface area contributed by atoms with Crippen molar-refractivity contribution in [1.82, 2.24) is 9.55 Å². The van der Waals surface area contributed by atoms with Gasteiger partial charge in [-0.05, 0) is 12.8 Å². The van der Waals surface area contributed by atoms with Crippen molar-refractivity contribution >= 4 is 23.5 Å².